The second-order valence-corrected chi connectivity index (χ2v) is 6.77. The van der Waals surface area contributed by atoms with E-state index in [9.17, 15) is 0 Å². The summed E-state index contributed by atoms with van der Waals surface area (Å²) in [6, 6.07) is 6.60. The average Bonchev–Trinajstić information content (AvgIpc) is 3.10. The van der Waals surface area contributed by atoms with Crippen molar-refractivity contribution < 1.29 is 0 Å². The summed E-state index contributed by atoms with van der Waals surface area (Å²) in [5, 5.41) is 7.72. The second-order valence-electron chi connectivity index (χ2n) is 6.77. The van der Waals surface area contributed by atoms with Crippen LogP contribution in [0, 0.1) is 6.92 Å². The minimum Gasteiger partial charge on any atom is -0.351 e. The van der Waals surface area contributed by atoms with Crippen molar-refractivity contribution in [1.82, 2.24) is 19.6 Å². The molecule has 1 aliphatic rings. The molecule has 128 valence electrons. The maximum atomic E-state index is 4.67. The van der Waals surface area contributed by atoms with E-state index in [1.165, 1.54) is 32.1 Å². The molecule has 0 unspecified atom stereocenters. The molecule has 0 radical (unpaired) electrons. The van der Waals surface area contributed by atoms with Crippen molar-refractivity contribution in [3.05, 3.63) is 60.2 Å². The molecule has 1 fully saturated rings. The highest BCUT2D eigenvalue weighted by Gasteiger charge is 2.15. The van der Waals surface area contributed by atoms with Crippen LogP contribution in [0.15, 0.2) is 43.4 Å². The Balaban J connectivity index is 1.55. The first-order valence-corrected chi connectivity index (χ1v) is 8.94. The van der Waals surface area contributed by atoms with E-state index >= 15 is 0 Å². The van der Waals surface area contributed by atoms with Crippen molar-refractivity contribution in [2.24, 2.45) is 0 Å². The normalized spacial score (nSPS) is 15.4. The van der Waals surface area contributed by atoms with E-state index < -0.39 is 0 Å². The van der Waals surface area contributed by atoms with Crippen molar-refractivity contribution in [3.8, 4) is 0 Å². The van der Waals surface area contributed by atoms with Crippen LogP contribution in [0.3, 0.4) is 0 Å². The standard InChI is InChI=1S/C20H23N5/c1-14(16-9-11-25-18(12-16)8-10-22-25)19-13-21-20(23-15(19)2)24-17-6-4-3-5-7-17/h8-13,17H,1,3-7H2,2H3,(H,21,23,24). The van der Waals surface area contributed by atoms with Crippen molar-refractivity contribution in [2.75, 3.05) is 5.32 Å². The maximum absolute atomic E-state index is 4.67. The van der Waals surface area contributed by atoms with Gasteiger partial charge in [0.05, 0.1) is 11.2 Å². The van der Waals surface area contributed by atoms with E-state index in [2.05, 4.69) is 33.0 Å². The predicted octanol–water partition coefficient (Wildman–Crippen LogP) is 4.24. The molecule has 0 atom stereocenters. The number of hydrogen-bond donors (Lipinski definition) is 1. The third kappa shape index (κ3) is 3.27. The molecule has 4 rings (SSSR count). The fourth-order valence-electron chi connectivity index (χ4n) is 3.53. The Morgan fingerprint density at radius 3 is 2.88 bits per heavy atom. The number of aromatic nitrogens is 4. The van der Waals surface area contributed by atoms with E-state index in [1.807, 2.05) is 36.0 Å². The Labute approximate surface area is 147 Å². The van der Waals surface area contributed by atoms with E-state index in [4.69, 9.17) is 0 Å². The molecule has 3 aromatic rings. The summed E-state index contributed by atoms with van der Waals surface area (Å²) >= 11 is 0. The number of nitrogens with one attached hydrogen (secondary N) is 1. The summed E-state index contributed by atoms with van der Waals surface area (Å²) in [5.41, 5.74) is 4.98. The molecule has 3 aromatic heterocycles. The zero-order chi connectivity index (χ0) is 17.2. The van der Waals surface area contributed by atoms with Gasteiger partial charge in [-0.25, -0.2) is 14.5 Å². The number of pyridine rings is 1. The molecule has 0 amide bonds. The lowest BCUT2D eigenvalue weighted by atomic mass is 9.96. The van der Waals surface area contributed by atoms with Gasteiger partial charge < -0.3 is 5.32 Å². The SMILES string of the molecule is C=C(c1ccn2nccc2c1)c1cnc(NC2CCCCC2)nc1C. The van der Waals surface area contributed by atoms with Crippen molar-refractivity contribution in [1.29, 1.82) is 0 Å². The second kappa shape index (κ2) is 6.67. The molecular weight excluding hydrogens is 310 g/mol. The lowest BCUT2D eigenvalue weighted by Gasteiger charge is -2.23. The van der Waals surface area contributed by atoms with Crippen LogP contribution in [0.25, 0.3) is 11.1 Å². The van der Waals surface area contributed by atoms with E-state index in [1.54, 1.807) is 6.20 Å². The fourth-order valence-corrected chi connectivity index (χ4v) is 3.53. The van der Waals surface area contributed by atoms with Crippen molar-refractivity contribution in [2.45, 2.75) is 45.1 Å². The van der Waals surface area contributed by atoms with E-state index in [0.29, 0.717) is 6.04 Å². The lowest BCUT2D eigenvalue weighted by Crippen LogP contribution is -2.23. The van der Waals surface area contributed by atoms with Crippen LogP contribution in [0.4, 0.5) is 5.95 Å². The summed E-state index contributed by atoms with van der Waals surface area (Å²) in [6.45, 7) is 6.28. The minimum absolute atomic E-state index is 0.506. The number of anilines is 1. The Hall–Kier alpha value is -2.69. The Morgan fingerprint density at radius 2 is 2.08 bits per heavy atom. The van der Waals surface area contributed by atoms with Gasteiger partial charge >= 0.3 is 0 Å². The summed E-state index contributed by atoms with van der Waals surface area (Å²) in [4.78, 5) is 9.20. The van der Waals surface area contributed by atoms with Gasteiger partial charge in [-0.3, -0.25) is 0 Å². The topological polar surface area (TPSA) is 55.1 Å². The molecule has 0 bridgehead atoms. The molecule has 3 heterocycles. The van der Waals surface area contributed by atoms with E-state index in [0.717, 1.165) is 33.9 Å². The van der Waals surface area contributed by atoms with Crippen LogP contribution < -0.4 is 5.32 Å². The third-order valence-corrected chi connectivity index (χ3v) is 4.99. The predicted molar refractivity (Wildman–Crippen MR) is 101 cm³/mol. The molecule has 0 aliphatic heterocycles. The van der Waals surface area contributed by atoms with Crippen LogP contribution in [0.1, 0.15) is 48.9 Å². The summed E-state index contributed by atoms with van der Waals surface area (Å²) < 4.78 is 1.84. The number of aryl methyl sites for hydroxylation is 1. The molecule has 1 saturated carbocycles. The van der Waals surface area contributed by atoms with Crippen LogP contribution in [0.5, 0.6) is 0 Å². The highest BCUT2D eigenvalue weighted by molar-refractivity contribution is 5.80. The zero-order valence-electron chi connectivity index (χ0n) is 14.6. The van der Waals surface area contributed by atoms with E-state index in [-0.39, 0.29) is 0 Å². The summed E-state index contributed by atoms with van der Waals surface area (Å²) in [5.74, 6) is 0.729. The third-order valence-electron chi connectivity index (χ3n) is 4.99. The van der Waals surface area contributed by atoms with Gasteiger partial charge in [0.2, 0.25) is 5.95 Å². The van der Waals surface area contributed by atoms with Gasteiger partial charge in [0.1, 0.15) is 0 Å². The maximum Gasteiger partial charge on any atom is 0.223 e. The van der Waals surface area contributed by atoms with Gasteiger partial charge in [-0.05, 0) is 49.1 Å². The molecule has 1 N–H and O–H groups in total. The monoisotopic (exact) mass is 333 g/mol. The molecule has 25 heavy (non-hydrogen) atoms. The van der Waals surface area contributed by atoms with Crippen LogP contribution in [-0.4, -0.2) is 25.6 Å². The summed E-state index contributed by atoms with van der Waals surface area (Å²) in [6.07, 6.45) is 12.0. The molecule has 5 nitrogen and oxygen atoms in total. The van der Waals surface area contributed by atoms with Crippen molar-refractivity contribution >= 4 is 17.0 Å². The molecule has 0 spiro atoms. The first-order chi connectivity index (χ1) is 12.2. The molecule has 0 aromatic carbocycles. The van der Waals surface area contributed by atoms with Crippen LogP contribution in [-0.2, 0) is 0 Å². The number of nitrogens with zero attached hydrogens (tertiary/aromatic N) is 4. The molecule has 0 saturated heterocycles. The lowest BCUT2D eigenvalue weighted by molar-refractivity contribution is 0.460. The first kappa shape index (κ1) is 15.8. The molecular formula is C20H23N5. The van der Waals surface area contributed by atoms with Gasteiger partial charge in [0, 0.05) is 30.2 Å². The van der Waals surface area contributed by atoms with Crippen molar-refractivity contribution in [3.63, 3.8) is 0 Å². The molecule has 5 heteroatoms. The highest BCUT2D eigenvalue weighted by Crippen LogP contribution is 2.25. The zero-order valence-corrected chi connectivity index (χ0v) is 14.6. The first-order valence-electron chi connectivity index (χ1n) is 8.94. The number of hydrogen-bond acceptors (Lipinski definition) is 4. The Kier molecular flexibility index (Phi) is 4.22. The van der Waals surface area contributed by atoms with Gasteiger partial charge in [0.25, 0.3) is 0 Å². The van der Waals surface area contributed by atoms with Crippen LogP contribution >= 0.6 is 0 Å². The van der Waals surface area contributed by atoms with Crippen LogP contribution in [0.2, 0.25) is 0 Å². The van der Waals surface area contributed by atoms with Gasteiger partial charge in [-0.15, -0.1) is 0 Å². The smallest absolute Gasteiger partial charge is 0.223 e. The highest BCUT2D eigenvalue weighted by atomic mass is 15.2. The Bertz CT molecular complexity index is 905. The number of fused-ring (bicyclic) bond motifs is 1. The Morgan fingerprint density at radius 1 is 1.24 bits per heavy atom. The minimum atomic E-state index is 0.506. The summed E-state index contributed by atoms with van der Waals surface area (Å²) in [7, 11) is 0. The molecule has 1 aliphatic carbocycles. The fraction of sp³-hybridized carbons (Fsp3) is 0.350. The average molecular weight is 333 g/mol. The quantitative estimate of drug-likeness (QED) is 0.776. The van der Waals surface area contributed by atoms with Gasteiger partial charge in [-0.1, -0.05) is 25.8 Å². The largest absolute Gasteiger partial charge is 0.351 e. The van der Waals surface area contributed by atoms with Gasteiger partial charge in [-0.2, -0.15) is 5.10 Å². The number of rotatable bonds is 4. The van der Waals surface area contributed by atoms with Gasteiger partial charge in [0.15, 0.2) is 0 Å².